The number of benzene rings is 1. The second kappa shape index (κ2) is 6.97. The van der Waals surface area contributed by atoms with Crippen molar-refractivity contribution in [2.45, 2.75) is 19.8 Å². The molecule has 1 aliphatic heterocycles. The Morgan fingerprint density at radius 1 is 1.40 bits per heavy atom. The molecule has 1 fully saturated rings. The van der Waals surface area contributed by atoms with Crippen LogP contribution in [-0.4, -0.2) is 32.8 Å². The number of carbonyl (C=O) groups is 1. The Balaban J connectivity index is 2.02. The highest BCUT2D eigenvalue weighted by Crippen LogP contribution is 2.33. The fourth-order valence-corrected chi connectivity index (χ4v) is 2.98. The lowest BCUT2D eigenvalue weighted by atomic mass is 9.96. The van der Waals surface area contributed by atoms with Crippen molar-refractivity contribution in [1.29, 1.82) is 0 Å². The van der Waals surface area contributed by atoms with Crippen molar-refractivity contribution in [2.24, 2.45) is 5.92 Å². The summed E-state index contributed by atoms with van der Waals surface area (Å²) in [5.41, 5.74) is 1.12. The van der Waals surface area contributed by atoms with E-state index in [0.29, 0.717) is 6.61 Å². The average molecular weight is 342 g/mol. The van der Waals surface area contributed by atoms with Gasteiger partial charge in [-0.15, -0.1) is 0 Å². The van der Waals surface area contributed by atoms with Gasteiger partial charge in [0.2, 0.25) is 0 Å². The fourth-order valence-electron chi connectivity index (χ4n) is 2.48. The molecule has 0 radical (unpaired) electrons. The minimum atomic E-state index is -0.0585. The van der Waals surface area contributed by atoms with Crippen molar-refractivity contribution < 1.29 is 14.3 Å². The lowest BCUT2D eigenvalue weighted by molar-refractivity contribution is -0.148. The number of nitrogens with zero attached hydrogens (tertiary/aromatic N) is 1. The number of halogens is 1. The number of methoxy groups -OCH3 is 1. The Morgan fingerprint density at radius 3 is 2.70 bits per heavy atom. The summed E-state index contributed by atoms with van der Waals surface area (Å²) in [7, 11) is 1.67. The van der Waals surface area contributed by atoms with Gasteiger partial charge in [-0.3, -0.25) is 4.79 Å². The zero-order valence-electron chi connectivity index (χ0n) is 11.9. The van der Waals surface area contributed by atoms with E-state index < -0.39 is 0 Å². The summed E-state index contributed by atoms with van der Waals surface area (Å²) in [5.74, 6) is 0.822. The lowest BCUT2D eigenvalue weighted by Gasteiger charge is -2.33. The van der Waals surface area contributed by atoms with E-state index in [1.807, 2.05) is 25.1 Å². The third-order valence-corrected chi connectivity index (χ3v) is 4.28. The third kappa shape index (κ3) is 3.45. The number of hydrogen-bond acceptors (Lipinski definition) is 4. The quantitative estimate of drug-likeness (QED) is 0.788. The molecule has 0 aliphatic carbocycles. The van der Waals surface area contributed by atoms with Crippen LogP contribution in [0.15, 0.2) is 22.7 Å². The monoisotopic (exact) mass is 341 g/mol. The molecular formula is C15H20BrNO3. The first-order valence-corrected chi connectivity index (χ1v) is 7.70. The Kier molecular flexibility index (Phi) is 5.29. The molecule has 4 nitrogen and oxygen atoms in total. The maximum Gasteiger partial charge on any atom is 0.309 e. The van der Waals surface area contributed by atoms with Crippen LogP contribution < -0.4 is 9.64 Å². The van der Waals surface area contributed by atoms with Crippen LogP contribution in [0, 0.1) is 5.92 Å². The summed E-state index contributed by atoms with van der Waals surface area (Å²) in [4.78, 5) is 14.0. The Morgan fingerprint density at radius 2 is 2.10 bits per heavy atom. The van der Waals surface area contributed by atoms with E-state index in [0.717, 1.165) is 41.8 Å². The molecule has 0 amide bonds. The zero-order chi connectivity index (χ0) is 14.5. The van der Waals surface area contributed by atoms with Crippen molar-refractivity contribution >= 4 is 27.6 Å². The second-order valence-electron chi connectivity index (χ2n) is 4.83. The van der Waals surface area contributed by atoms with Crippen LogP contribution in [0.25, 0.3) is 0 Å². The van der Waals surface area contributed by atoms with Gasteiger partial charge in [0.1, 0.15) is 5.75 Å². The maximum atomic E-state index is 11.7. The zero-order valence-corrected chi connectivity index (χ0v) is 13.5. The summed E-state index contributed by atoms with van der Waals surface area (Å²) >= 11 is 3.58. The molecule has 20 heavy (non-hydrogen) atoms. The minimum absolute atomic E-state index is 0.0376. The van der Waals surface area contributed by atoms with Gasteiger partial charge in [0, 0.05) is 23.6 Å². The van der Waals surface area contributed by atoms with Crippen molar-refractivity contribution in [1.82, 2.24) is 0 Å². The third-order valence-electron chi connectivity index (χ3n) is 3.61. The first kappa shape index (κ1) is 15.2. The van der Waals surface area contributed by atoms with Crippen LogP contribution in [-0.2, 0) is 9.53 Å². The maximum absolute atomic E-state index is 11.7. The standard InChI is InChI=1S/C15H20BrNO3/c1-3-20-15(18)11-6-8-17(9-7-11)14-10-12(19-2)4-5-13(14)16/h4-5,10-11H,3,6-9H2,1-2H3. The van der Waals surface area contributed by atoms with Crippen LogP contribution >= 0.6 is 15.9 Å². The topological polar surface area (TPSA) is 38.8 Å². The van der Waals surface area contributed by atoms with Crippen molar-refractivity contribution in [2.75, 3.05) is 31.7 Å². The molecule has 1 aliphatic rings. The Bertz CT molecular complexity index is 470. The highest BCUT2D eigenvalue weighted by Gasteiger charge is 2.26. The van der Waals surface area contributed by atoms with E-state index in [1.54, 1.807) is 7.11 Å². The van der Waals surface area contributed by atoms with Gasteiger partial charge < -0.3 is 14.4 Å². The van der Waals surface area contributed by atoms with Crippen LogP contribution in [0.1, 0.15) is 19.8 Å². The van der Waals surface area contributed by atoms with Crippen LogP contribution in [0.3, 0.4) is 0 Å². The summed E-state index contributed by atoms with van der Waals surface area (Å²) in [6, 6.07) is 5.94. The van der Waals surface area contributed by atoms with Gasteiger partial charge in [0.15, 0.2) is 0 Å². The van der Waals surface area contributed by atoms with E-state index in [9.17, 15) is 4.79 Å². The molecule has 0 unspecified atom stereocenters. The van der Waals surface area contributed by atoms with Crippen molar-refractivity contribution in [3.05, 3.63) is 22.7 Å². The SMILES string of the molecule is CCOC(=O)C1CCN(c2cc(OC)ccc2Br)CC1. The number of hydrogen-bond donors (Lipinski definition) is 0. The lowest BCUT2D eigenvalue weighted by Crippen LogP contribution is -2.37. The summed E-state index contributed by atoms with van der Waals surface area (Å²) in [6.07, 6.45) is 1.67. The number of ether oxygens (including phenoxy) is 2. The average Bonchev–Trinajstić information content (AvgIpc) is 2.48. The highest BCUT2D eigenvalue weighted by molar-refractivity contribution is 9.10. The van der Waals surface area contributed by atoms with Gasteiger partial charge in [0.05, 0.1) is 25.3 Å². The molecule has 1 aromatic carbocycles. The van der Waals surface area contributed by atoms with Gasteiger partial charge in [0.25, 0.3) is 0 Å². The van der Waals surface area contributed by atoms with E-state index in [1.165, 1.54) is 0 Å². The van der Waals surface area contributed by atoms with Crippen molar-refractivity contribution in [3.8, 4) is 5.75 Å². The first-order valence-electron chi connectivity index (χ1n) is 6.90. The van der Waals surface area contributed by atoms with Crippen LogP contribution in [0.4, 0.5) is 5.69 Å². The Labute approximate surface area is 128 Å². The smallest absolute Gasteiger partial charge is 0.309 e. The summed E-state index contributed by atoms with van der Waals surface area (Å²) < 4.78 is 11.4. The molecule has 110 valence electrons. The molecule has 0 spiro atoms. The second-order valence-corrected chi connectivity index (χ2v) is 5.69. The fraction of sp³-hybridized carbons (Fsp3) is 0.533. The summed E-state index contributed by atoms with van der Waals surface area (Å²) in [6.45, 7) is 4.02. The molecule has 5 heteroatoms. The minimum Gasteiger partial charge on any atom is -0.497 e. The molecule has 1 heterocycles. The number of carbonyl (C=O) groups excluding carboxylic acids is 1. The molecule has 0 N–H and O–H groups in total. The van der Waals surface area contributed by atoms with Crippen LogP contribution in [0.5, 0.6) is 5.75 Å². The first-order chi connectivity index (χ1) is 9.65. The molecule has 0 bridgehead atoms. The molecule has 0 atom stereocenters. The molecular weight excluding hydrogens is 322 g/mol. The summed E-state index contributed by atoms with van der Waals surface area (Å²) in [5, 5.41) is 0. The van der Waals surface area contributed by atoms with E-state index in [4.69, 9.17) is 9.47 Å². The Hall–Kier alpha value is -1.23. The van der Waals surface area contributed by atoms with Gasteiger partial charge >= 0.3 is 5.97 Å². The molecule has 1 aromatic rings. The predicted octanol–water partition coefficient (Wildman–Crippen LogP) is 3.24. The predicted molar refractivity (Wildman–Crippen MR) is 82.3 cm³/mol. The van der Waals surface area contributed by atoms with Crippen molar-refractivity contribution in [3.63, 3.8) is 0 Å². The molecule has 0 aromatic heterocycles. The number of esters is 1. The number of rotatable bonds is 4. The molecule has 0 saturated carbocycles. The normalized spacial score (nSPS) is 16.1. The highest BCUT2D eigenvalue weighted by atomic mass is 79.9. The van der Waals surface area contributed by atoms with E-state index in [2.05, 4.69) is 20.8 Å². The largest absolute Gasteiger partial charge is 0.497 e. The van der Waals surface area contributed by atoms with Gasteiger partial charge in [-0.2, -0.15) is 0 Å². The van der Waals surface area contributed by atoms with Gasteiger partial charge in [-0.05, 0) is 47.8 Å². The van der Waals surface area contributed by atoms with Crippen LogP contribution in [0.2, 0.25) is 0 Å². The number of piperidine rings is 1. The van der Waals surface area contributed by atoms with E-state index in [-0.39, 0.29) is 11.9 Å². The molecule has 2 rings (SSSR count). The van der Waals surface area contributed by atoms with Gasteiger partial charge in [-0.25, -0.2) is 0 Å². The number of anilines is 1. The van der Waals surface area contributed by atoms with E-state index >= 15 is 0 Å². The van der Waals surface area contributed by atoms with Gasteiger partial charge in [-0.1, -0.05) is 0 Å². The molecule has 1 saturated heterocycles.